The Morgan fingerprint density at radius 3 is 2.40 bits per heavy atom. The van der Waals surface area contributed by atoms with Crippen LogP contribution in [-0.4, -0.2) is 206 Å². The van der Waals surface area contributed by atoms with Gasteiger partial charge >= 0.3 is 25.6 Å². The highest BCUT2D eigenvalue weighted by molar-refractivity contribution is 8.44. The van der Waals surface area contributed by atoms with Crippen LogP contribution < -0.4 is 31.0 Å². The van der Waals surface area contributed by atoms with Crippen molar-refractivity contribution in [2.45, 2.75) is 138 Å². The molecule has 95 heavy (non-hydrogen) atoms. The number of aromatic nitrogens is 6. The number of H-pyrrole nitrogens is 1. The van der Waals surface area contributed by atoms with E-state index in [1.54, 1.807) is 18.2 Å². The molecule has 35 nitrogen and oxygen atoms in total. The number of ether oxygens (including phenoxy) is 5. The van der Waals surface area contributed by atoms with Crippen molar-refractivity contribution in [1.29, 1.82) is 0 Å². The molecule has 14 atom stereocenters. The molecule has 2 aromatic carbocycles. The van der Waals surface area contributed by atoms with Crippen molar-refractivity contribution in [2.24, 2.45) is 5.92 Å². The third-order valence-corrected chi connectivity index (χ3v) is 19.1. The number of aliphatic carboxylic acids is 1. The van der Waals surface area contributed by atoms with Crippen LogP contribution in [-0.2, 0) is 85.8 Å². The number of aromatic amines is 1. The lowest BCUT2D eigenvalue weighted by Crippen LogP contribution is -2.61. The highest BCUT2D eigenvalue weighted by atomic mass is 32.7. The van der Waals surface area contributed by atoms with Gasteiger partial charge < -0.3 is 83.2 Å². The van der Waals surface area contributed by atoms with Crippen LogP contribution in [0, 0.1) is 5.92 Å². The largest absolute Gasteiger partial charge is 0.479 e. The minimum atomic E-state index is -4.41. The van der Waals surface area contributed by atoms with E-state index in [-0.39, 0.29) is 128 Å². The van der Waals surface area contributed by atoms with Gasteiger partial charge in [-0.15, -0.1) is 0 Å². The van der Waals surface area contributed by atoms with Gasteiger partial charge in [-0.05, 0) is 60.4 Å². The molecule has 39 heteroatoms. The van der Waals surface area contributed by atoms with Crippen molar-refractivity contribution in [3.05, 3.63) is 94.4 Å². The first-order valence-corrected chi connectivity index (χ1v) is 35.0. The molecule has 1 saturated carbocycles. The van der Waals surface area contributed by atoms with Crippen molar-refractivity contribution in [3.8, 4) is 11.6 Å². The van der Waals surface area contributed by atoms with E-state index in [1.807, 2.05) is 0 Å². The molecule has 10 N–H and O–H groups in total. The highest BCUT2D eigenvalue weighted by Gasteiger charge is 2.52. The predicted molar refractivity (Wildman–Crippen MR) is 330 cm³/mol. The van der Waals surface area contributed by atoms with Crippen LogP contribution >= 0.6 is 25.8 Å². The van der Waals surface area contributed by atoms with E-state index in [1.165, 1.54) is 59.4 Å². The summed E-state index contributed by atoms with van der Waals surface area (Å²) in [6, 6.07) is 11.6. The molecule has 6 amide bonds. The van der Waals surface area contributed by atoms with Gasteiger partial charge in [0.1, 0.15) is 61.4 Å². The van der Waals surface area contributed by atoms with Gasteiger partial charge in [-0.25, -0.2) is 29.1 Å². The number of imide groups is 1. The quantitative estimate of drug-likeness (QED) is 0.0203. The number of aliphatic hydroxyl groups is 4. The summed E-state index contributed by atoms with van der Waals surface area (Å²) in [5.74, 6) is -4.90. The lowest BCUT2D eigenvalue weighted by Gasteiger charge is -2.38. The predicted octanol–water partition coefficient (Wildman–Crippen LogP) is 1.54. The Kier molecular flexibility index (Phi) is 22.8. The Bertz CT molecular complexity index is 3820. The van der Waals surface area contributed by atoms with Crippen LogP contribution in [0.2, 0.25) is 0 Å². The van der Waals surface area contributed by atoms with Crippen LogP contribution in [0.1, 0.15) is 85.5 Å². The fraction of sp³-hybridized carbons (Fsp3) is 0.500. The number of carbonyl (C=O) groups is 7. The zero-order chi connectivity index (χ0) is 67.9. The number of thiol groups is 1. The van der Waals surface area contributed by atoms with Gasteiger partial charge in [-0.2, -0.15) is 4.98 Å². The first kappa shape index (κ1) is 70.4. The number of hydrogen-bond donors (Lipinski definition) is 11. The second-order valence-electron chi connectivity index (χ2n) is 22.7. The number of amides is 6. The Labute approximate surface area is 549 Å². The molecule has 5 aromatic rings. The summed E-state index contributed by atoms with van der Waals surface area (Å²) < 4.78 is 67.3. The van der Waals surface area contributed by atoms with E-state index in [2.05, 4.69) is 53.1 Å². The number of nitrogens with zero attached hydrogens (tertiary/aromatic N) is 7. The number of nitrogens with one attached hydrogen (secondary N) is 4. The van der Waals surface area contributed by atoms with E-state index in [9.17, 15) is 73.3 Å². The van der Waals surface area contributed by atoms with Crippen LogP contribution in [0.25, 0.3) is 11.2 Å². The van der Waals surface area contributed by atoms with E-state index in [4.69, 9.17) is 53.6 Å². The number of rotatable bonds is 22. The molecule has 2 unspecified atom stereocenters. The number of benzene rings is 2. The van der Waals surface area contributed by atoms with Gasteiger partial charge in [0.05, 0.1) is 31.3 Å². The van der Waals surface area contributed by atoms with E-state index in [0.717, 1.165) is 11.2 Å². The molecule has 512 valence electrons. The van der Waals surface area contributed by atoms with Crippen molar-refractivity contribution < 1.29 is 110 Å². The van der Waals surface area contributed by atoms with Gasteiger partial charge in [-0.3, -0.25) is 53.1 Å². The zero-order valence-corrected chi connectivity index (χ0v) is 53.8. The van der Waals surface area contributed by atoms with Gasteiger partial charge in [-0.1, -0.05) is 42.9 Å². The summed E-state index contributed by atoms with van der Waals surface area (Å²) in [4.78, 5) is 135. The van der Waals surface area contributed by atoms with E-state index < -0.39 is 135 Å². The molecule has 4 saturated heterocycles. The van der Waals surface area contributed by atoms with Crippen LogP contribution in [0.15, 0.2) is 72.2 Å². The molecule has 2 bridgehead atoms. The van der Waals surface area contributed by atoms with Crippen LogP contribution in [0.3, 0.4) is 0 Å². The maximum absolute atomic E-state index is 14.1. The summed E-state index contributed by atoms with van der Waals surface area (Å²) in [5, 5.41) is 60.4. The molecule has 7 heterocycles. The Balaban J connectivity index is 0.774. The van der Waals surface area contributed by atoms with E-state index in [0.29, 0.717) is 19.3 Å². The van der Waals surface area contributed by atoms with Crippen molar-refractivity contribution in [2.75, 3.05) is 44.0 Å². The van der Waals surface area contributed by atoms with Crippen molar-refractivity contribution >= 4 is 102 Å². The Morgan fingerprint density at radius 2 is 1.64 bits per heavy atom. The molecular formula is C56H67N11O24P2S2. The number of imidazole rings is 1. The number of carbonyl (C=O) groups excluding carboxylic acids is 6. The van der Waals surface area contributed by atoms with Crippen molar-refractivity contribution in [3.63, 3.8) is 0 Å². The van der Waals surface area contributed by atoms with Gasteiger partial charge in [0.15, 0.2) is 23.5 Å². The zero-order valence-electron chi connectivity index (χ0n) is 50.3. The van der Waals surface area contributed by atoms with Gasteiger partial charge in [0, 0.05) is 82.5 Å². The number of fused-ring (bicyclic) bond motifs is 4. The summed E-state index contributed by atoms with van der Waals surface area (Å²) >= 11 is 9.60. The molecule has 0 radical (unpaired) electrons. The third-order valence-electron chi connectivity index (χ3n) is 15.9. The third kappa shape index (κ3) is 17.6. The maximum atomic E-state index is 14.1. The van der Waals surface area contributed by atoms with Gasteiger partial charge in [0.2, 0.25) is 41.7 Å². The topological polar surface area (TPSA) is 473 Å². The lowest BCUT2D eigenvalue weighted by atomic mass is 9.99. The standard InChI is InChI=1S/C56H67N11O24P2S2/c1-65(56(80)83-23-28-10-11-34(88-54-46(75)44(73)45(74)48(89-54)53(78)79)33(19-28)61-38(69)14-17-58-37(68)9-3-2-6-18-66-40(70)12-13-41(66)71)22-29-7-4-5-8-32(29)50(76)63-55-62-49-42(51(77)64-55)60-27-67(49)52-47-43(72)36(87-52)25-85-92(81,94)90-35-21-31(86-39-15-16-57-26-59-39)20-30(35)24-84-93(82,95)91-47/h4-5,7-8,10-11,15-16,19,26-27,30-31,35-36,43-48,52,54,72-75H,2-3,6,9,12-14,17-18,20-25H2,1H3,(H,58,68)(H,61,69)(H,78,79)(H,81,94)(H,82,95)(H2,62,63,64,76,77)/t30-,31-,35+,36-,43-,44+,45+,46-,47-,48+,52-,54-,92?,93?/m1/s1. The lowest BCUT2D eigenvalue weighted by molar-refractivity contribution is -0.271. The molecule has 10 rings (SSSR count). The minimum Gasteiger partial charge on any atom is -0.479 e. The number of hydrogen-bond acceptors (Lipinski definition) is 27. The smallest absolute Gasteiger partial charge is 0.410 e. The molecule has 0 spiro atoms. The number of carboxylic acid groups (broad SMARTS) is 1. The fourth-order valence-corrected chi connectivity index (χ4v) is 14.1. The number of anilines is 2. The molecule has 5 aliphatic rings. The number of likely N-dealkylation sites (tertiary alicyclic amines) is 1. The van der Waals surface area contributed by atoms with Gasteiger partial charge in [0.25, 0.3) is 11.5 Å². The second-order valence-corrected chi connectivity index (χ2v) is 28.3. The molecule has 5 fully saturated rings. The monoisotopic (exact) mass is 1400 g/mol. The fourth-order valence-electron chi connectivity index (χ4n) is 11.1. The molecule has 1 aliphatic carbocycles. The SMILES string of the molecule is CN(Cc1ccccc1C(=O)Nc1nc2c(ncn2[C@@H]2O[C@@H]3COP(O)(=S)O[C@H]4C[C@H](Oc5ccncn5)C[C@@H]4COP(=O)(S)O[C@@H]2[C@@H]3O)c(=O)[nH]1)C(=O)OCc1ccc(O[C@@H]2O[C@H](C(=O)O)[C@@H](O)[C@H](O)[C@H]2O)c(NC(=O)CCNC(=O)CCCCCN2C(=O)CCC2=O)c1. The van der Waals surface area contributed by atoms with Crippen LogP contribution in [0.4, 0.5) is 16.4 Å². The number of aliphatic hydroxyl groups excluding tert-OH is 4. The summed E-state index contributed by atoms with van der Waals surface area (Å²) in [6.45, 7) is -9.90. The van der Waals surface area contributed by atoms with E-state index >= 15 is 0 Å². The number of unbranched alkanes of at least 4 members (excludes halogenated alkanes) is 2. The first-order chi connectivity index (χ1) is 45.3. The Morgan fingerprint density at radius 1 is 0.863 bits per heavy atom. The molecule has 4 aliphatic heterocycles. The first-order valence-electron chi connectivity index (χ1n) is 29.7. The number of carboxylic acids is 1. The minimum absolute atomic E-state index is 0.00722. The molecule has 3 aromatic heterocycles. The molecular weight excluding hydrogens is 1340 g/mol. The maximum Gasteiger partial charge on any atom is 0.410 e. The second kappa shape index (κ2) is 30.7. The summed E-state index contributed by atoms with van der Waals surface area (Å²) in [6.07, 6.45) is -12.2. The Hall–Kier alpha value is -7.45. The normalized spacial score (nSPS) is 28.5. The average Bonchev–Trinajstić information content (AvgIpc) is 1.63. The summed E-state index contributed by atoms with van der Waals surface area (Å²) in [5.41, 5.74) is -0.930. The summed E-state index contributed by atoms with van der Waals surface area (Å²) in [7, 11) is 1.37. The highest BCUT2D eigenvalue weighted by Crippen LogP contribution is 2.59. The van der Waals surface area contributed by atoms with Crippen LogP contribution in [0.5, 0.6) is 11.6 Å². The average molecular weight is 1400 g/mol. The van der Waals surface area contributed by atoms with Crippen molar-refractivity contribution in [1.82, 2.24) is 44.6 Å².